The van der Waals surface area contributed by atoms with E-state index in [1.54, 1.807) is 6.92 Å². The van der Waals surface area contributed by atoms with Crippen molar-refractivity contribution in [1.29, 1.82) is 0 Å². The molecule has 0 aliphatic carbocycles. The van der Waals surface area contributed by atoms with Gasteiger partial charge in [-0.05, 0) is 33.4 Å². The molecule has 0 heterocycles. The minimum atomic E-state index is -3.29. The van der Waals surface area contributed by atoms with E-state index in [9.17, 15) is 8.42 Å². The first-order valence-corrected chi connectivity index (χ1v) is 8.98. The normalized spacial score (nSPS) is 16.1. The van der Waals surface area contributed by atoms with E-state index in [0.717, 1.165) is 13.0 Å². The fourth-order valence-electron chi connectivity index (χ4n) is 2.03. The van der Waals surface area contributed by atoms with Gasteiger partial charge in [-0.25, -0.2) is 13.1 Å². The first-order valence-electron chi connectivity index (χ1n) is 7.43. The van der Waals surface area contributed by atoms with Crippen LogP contribution in [0, 0.1) is 5.92 Å². The molecule has 0 aromatic carbocycles. The summed E-state index contributed by atoms with van der Waals surface area (Å²) in [5, 5.41) is 2.75. The third-order valence-electron chi connectivity index (χ3n) is 3.02. The summed E-state index contributed by atoms with van der Waals surface area (Å²) in [6, 6.07) is 0.261. The summed E-state index contributed by atoms with van der Waals surface area (Å²) < 4.78 is 27.6. The van der Waals surface area contributed by atoms with Gasteiger partial charge in [0.15, 0.2) is 0 Å². The molecule has 2 N–H and O–H groups in total. The summed E-state index contributed by atoms with van der Waals surface area (Å²) in [5.41, 5.74) is 0. The van der Waals surface area contributed by atoms with Crippen LogP contribution in [-0.2, 0) is 10.0 Å². The Kier molecular flexibility index (Phi) is 8.90. The molecule has 0 spiro atoms. The van der Waals surface area contributed by atoms with Crippen molar-refractivity contribution < 1.29 is 8.42 Å². The molecule has 0 radical (unpaired) electrons. The van der Waals surface area contributed by atoms with Crippen molar-refractivity contribution in [2.45, 2.75) is 58.4 Å². The van der Waals surface area contributed by atoms with Crippen molar-refractivity contribution in [2.75, 3.05) is 27.2 Å². The minimum Gasteiger partial charge on any atom is -0.313 e. The molecule has 0 aliphatic heterocycles. The molecule has 5 nitrogen and oxygen atoms in total. The second-order valence-corrected chi connectivity index (χ2v) is 8.76. The second kappa shape index (κ2) is 8.97. The third kappa shape index (κ3) is 8.89. The Morgan fingerprint density at radius 2 is 1.60 bits per heavy atom. The second-order valence-electron chi connectivity index (χ2n) is 6.63. The standard InChI is InChI=1S/C14H33N3O2S/c1-11(2)8-14(10-17(6)7)16-20(18,19)13(5)9-15-12(3)4/h11-16H,8-10H2,1-7H3. The van der Waals surface area contributed by atoms with Crippen LogP contribution < -0.4 is 10.0 Å². The summed E-state index contributed by atoms with van der Waals surface area (Å²) in [4.78, 5) is 2.02. The number of nitrogens with one attached hydrogen (secondary N) is 2. The van der Waals surface area contributed by atoms with Crippen molar-refractivity contribution in [3.8, 4) is 0 Å². The van der Waals surface area contributed by atoms with Crippen LogP contribution in [0.25, 0.3) is 0 Å². The molecule has 20 heavy (non-hydrogen) atoms. The van der Waals surface area contributed by atoms with Gasteiger partial charge >= 0.3 is 0 Å². The first kappa shape index (κ1) is 19.8. The van der Waals surface area contributed by atoms with E-state index < -0.39 is 15.3 Å². The summed E-state index contributed by atoms with van der Waals surface area (Å²) in [6.07, 6.45) is 0.849. The maximum atomic E-state index is 12.3. The molecule has 122 valence electrons. The molecule has 0 fully saturated rings. The van der Waals surface area contributed by atoms with Gasteiger partial charge in [0.05, 0.1) is 5.25 Å². The van der Waals surface area contributed by atoms with Crippen molar-refractivity contribution >= 4 is 10.0 Å². The van der Waals surface area contributed by atoms with Crippen molar-refractivity contribution in [3.05, 3.63) is 0 Å². The summed E-state index contributed by atoms with van der Waals surface area (Å²) in [7, 11) is 0.642. The van der Waals surface area contributed by atoms with Gasteiger partial charge in [0.1, 0.15) is 0 Å². The zero-order valence-electron chi connectivity index (χ0n) is 14.1. The molecule has 0 bridgehead atoms. The van der Waals surface area contributed by atoms with Crippen molar-refractivity contribution in [3.63, 3.8) is 0 Å². The average Bonchev–Trinajstić information content (AvgIpc) is 2.22. The molecule has 0 rings (SSSR count). The van der Waals surface area contributed by atoms with Gasteiger partial charge in [0.25, 0.3) is 0 Å². The van der Waals surface area contributed by atoms with Gasteiger partial charge in [-0.1, -0.05) is 27.7 Å². The molecule has 0 amide bonds. The number of hydrogen-bond acceptors (Lipinski definition) is 4. The zero-order valence-corrected chi connectivity index (χ0v) is 14.9. The van der Waals surface area contributed by atoms with Crippen LogP contribution in [-0.4, -0.2) is 57.8 Å². The number of nitrogens with zero attached hydrogens (tertiary/aromatic N) is 1. The number of hydrogen-bond donors (Lipinski definition) is 2. The first-order chi connectivity index (χ1) is 9.04. The van der Waals surface area contributed by atoms with E-state index in [1.165, 1.54) is 0 Å². The molecular formula is C14H33N3O2S. The van der Waals surface area contributed by atoms with Crippen molar-refractivity contribution in [2.24, 2.45) is 5.92 Å². The topological polar surface area (TPSA) is 61.4 Å². The largest absolute Gasteiger partial charge is 0.313 e. The highest BCUT2D eigenvalue weighted by molar-refractivity contribution is 7.90. The molecule has 0 saturated carbocycles. The molecule has 2 unspecified atom stereocenters. The van der Waals surface area contributed by atoms with E-state index in [-0.39, 0.29) is 6.04 Å². The average molecular weight is 308 g/mol. The smallest absolute Gasteiger partial charge is 0.215 e. The highest BCUT2D eigenvalue weighted by atomic mass is 32.2. The molecule has 0 aliphatic rings. The van der Waals surface area contributed by atoms with Crippen LogP contribution in [0.4, 0.5) is 0 Å². The van der Waals surface area contributed by atoms with Gasteiger partial charge in [-0.2, -0.15) is 0 Å². The Morgan fingerprint density at radius 1 is 1.05 bits per heavy atom. The van der Waals surface area contributed by atoms with E-state index in [1.807, 2.05) is 32.8 Å². The monoisotopic (exact) mass is 307 g/mol. The molecule has 0 aromatic heterocycles. The van der Waals surface area contributed by atoms with Crippen LogP contribution in [0.1, 0.15) is 41.0 Å². The van der Waals surface area contributed by atoms with Crippen molar-refractivity contribution in [1.82, 2.24) is 14.9 Å². The number of rotatable bonds is 10. The van der Waals surface area contributed by atoms with Gasteiger partial charge in [-0.3, -0.25) is 0 Å². The van der Waals surface area contributed by atoms with E-state index in [4.69, 9.17) is 0 Å². The lowest BCUT2D eigenvalue weighted by Crippen LogP contribution is -2.48. The number of sulfonamides is 1. The SMILES string of the molecule is CC(C)CC(CN(C)C)NS(=O)(=O)C(C)CNC(C)C. The fourth-order valence-corrected chi connectivity index (χ4v) is 3.21. The molecule has 0 aromatic rings. The molecule has 2 atom stereocenters. The van der Waals surface area contributed by atoms with Crippen LogP contribution in [0.15, 0.2) is 0 Å². The molecule has 0 saturated heterocycles. The Morgan fingerprint density at radius 3 is 2.00 bits per heavy atom. The quantitative estimate of drug-likeness (QED) is 0.638. The van der Waals surface area contributed by atoms with Crippen LogP contribution in [0.5, 0.6) is 0 Å². The van der Waals surface area contributed by atoms with Gasteiger partial charge in [-0.15, -0.1) is 0 Å². The summed E-state index contributed by atoms with van der Waals surface area (Å²) >= 11 is 0. The Labute approximate surface area is 125 Å². The predicted molar refractivity (Wildman–Crippen MR) is 86.5 cm³/mol. The lowest BCUT2D eigenvalue weighted by atomic mass is 10.0. The van der Waals surface area contributed by atoms with Gasteiger partial charge in [0.2, 0.25) is 10.0 Å². The molecular weight excluding hydrogens is 274 g/mol. The highest BCUT2D eigenvalue weighted by Gasteiger charge is 2.25. The number of likely N-dealkylation sites (N-methyl/N-ethyl adjacent to an activating group) is 1. The van der Waals surface area contributed by atoms with E-state index in [2.05, 4.69) is 23.9 Å². The van der Waals surface area contributed by atoms with Crippen LogP contribution in [0.2, 0.25) is 0 Å². The molecule has 6 heteroatoms. The lowest BCUT2D eigenvalue weighted by Gasteiger charge is -2.26. The Balaban J connectivity index is 4.64. The predicted octanol–water partition coefficient (Wildman–Crippen LogP) is 1.27. The maximum Gasteiger partial charge on any atom is 0.215 e. The van der Waals surface area contributed by atoms with Crippen LogP contribution >= 0.6 is 0 Å². The van der Waals surface area contributed by atoms with Gasteiger partial charge in [0, 0.05) is 25.2 Å². The van der Waals surface area contributed by atoms with E-state index in [0.29, 0.717) is 18.5 Å². The Bertz CT molecular complexity index is 343. The zero-order chi connectivity index (χ0) is 15.9. The maximum absolute atomic E-state index is 12.3. The lowest BCUT2D eigenvalue weighted by molar-refractivity contribution is 0.328. The van der Waals surface area contributed by atoms with Crippen LogP contribution in [0.3, 0.4) is 0 Å². The minimum absolute atomic E-state index is 0.0310. The van der Waals surface area contributed by atoms with Gasteiger partial charge < -0.3 is 10.2 Å². The van der Waals surface area contributed by atoms with E-state index >= 15 is 0 Å². The fraction of sp³-hybridized carbons (Fsp3) is 1.00. The highest BCUT2D eigenvalue weighted by Crippen LogP contribution is 2.09. The third-order valence-corrected chi connectivity index (χ3v) is 4.90. The Hall–Kier alpha value is -0.170. The summed E-state index contributed by atoms with van der Waals surface area (Å²) in [5.74, 6) is 0.465. The summed E-state index contributed by atoms with van der Waals surface area (Å²) in [6.45, 7) is 11.2.